The maximum absolute atomic E-state index is 11.1. The van der Waals surface area contributed by atoms with Crippen LogP contribution >= 0.6 is 0 Å². The van der Waals surface area contributed by atoms with Crippen LogP contribution in [0.4, 0.5) is 0 Å². The molecular formula is C13H18N4O. The number of unbranched alkanes of at least 4 members (excludes halogenated alkanes) is 1. The smallest absolute Gasteiger partial charge is 0.153 e. The van der Waals surface area contributed by atoms with Gasteiger partial charge in [0.1, 0.15) is 5.69 Å². The van der Waals surface area contributed by atoms with E-state index in [2.05, 4.69) is 17.1 Å². The molecule has 0 radical (unpaired) electrons. The fraction of sp³-hybridized carbons (Fsp3) is 0.462. The second-order valence-electron chi connectivity index (χ2n) is 4.25. The van der Waals surface area contributed by atoms with E-state index in [9.17, 15) is 4.79 Å². The molecule has 5 nitrogen and oxygen atoms in total. The van der Waals surface area contributed by atoms with Crippen molar-refractivity contribution in [1.82, 2.24) is 19.6 Å². The van der Waals surface area contributed by atoms with Crippen LogP contribution in [0.15, 0.2) is 18.6 Å². The average molecular weight is 246 g/mol. The number of rotatable bonds is 6. The predicted octanol–water partition coefficient (Wildman–Crippen LogP) is 2.38. The van der Waals surface area contributed by atoms with Gasteiger partial charge in [-0.15, -0.1) is 0 Å². The van der Waals surface area contributed by atoms with Gasteiger partial charge in [-0.25, -0.2) is 0 Å². The third kappa shape index (κ3) is 2.50. The topological polar surface area (TPSA) is 52.7 Å². The van der Waals surface area contributed by atoms with Gasteiger partial charge in [0, 0.05) is 31.0 Å². The Morgan fingerprint density at radius 1 is 1.28 bits per heavy atom. The van der Waals surface area contributed by atoms with E-state index in [0.29, 0.717) is 5.56 Å². The quantitative estimate of drug-likeness (QED) is 0.735. The maximum Gasteiger partial charge on any atom is 0.153 e. The Morgan fingerprint density at radius 3 is 2.72 bits per heavy atom. The van der Waals surface area contributed by atoms with E-state index >= 15 is 0 Å². The summed E-state index contributed by atoms with van der Waals surface area (Å²) in [7, 11) is 0. The van der Waals surface area contributed by atoms with Crippen LogP contribution in [0, 0.1) is 0 Å². The van der Waals surface area contributed by atoms with Gasteiger partial charge in [0.25, 0.3) is 0 Å². The summed E-state index contributed by atoms with van der Waals surface area (Å²) in [6, 6.07) is 0. The molecule has 2 rings (SSSR count). The summed E-state index contributed by atoms with van der Waals surface area (Å²) >= 11 is 0. The number of aldehydes is 1. The van der Waals surface area contributed by atoms with Crippen molar-refractivity contribution in [1.29, 1.82) is 0 Å². The molecule has 96 valence electrons. The summed E-state index contributed by atoms with van der Waals surface area (Å²) in [4.78, 5) is 11.1. The number of hydrogen-bond donors (Lipinski definition) is 0. The largest absolute Gasteiger partial charge is 0.298 e. The van der Waals surface area contributed by atoms with E-state index in [1.54, 1.807) is 12.4 Å². The van der Waals surface area contributed by atoms with Crippen LogP contribution in [0.2, 0.25) is 0 Å². The Kier molecular flexibility index (Phi) is 3.92. The van der Waals surface area contributed by atoms with E-state index in [0.717, 1.165) is 43.5 Å². The Hall–Kier alpha value is -1.91. The Labute approximate surface area is 106 Å². The van der Waals surface area contributed by atoms with Crippen molar-refractivity contribution < 1.29 is 4.79 Å². The van der Waals surface area contributed by atoms with Gasteiger partial charge in [0.15, 0.2) is 6.29 Å². The lowest BCUT2D eigenvalue weighted by Gasteiger charge is -1.97. The third-order valence-electron chi connectivity index (χ3n) is 2.89. The highest BCUT2D eigenvalue weighted by Gasteiger charge is 2.12. The molecule has 0 spiro atoms. The highest BCUT2D eigenvalue weighted by atomic mass is 16.1. The van der Waals surface area contributed by atoms with E-state index in [4.69, 9.17) is 0 Å². The van der Waals surface area contributed by atoms with Crippen LogP contribution in [-0.4, -0.2) is 25.8 Å². The molecule has 0 unspecified atom stereocenters. The lowest BCUT2D eigenvalue weighted by atomic mass is 10.2. The second kappa shape index (κ2) is 5.62. The van der Waals surface area contributed by atoms with E-state index in [-0.39, 0.29) is 0 Å². The first kappa shape index (κ1) is 12.5. The molecule has 0 bridgehead atoms. The summed E-state index contributed by atoms with van der Waals surface area (Å²) in [6.45, 7) is 5.82. The SMILES string of the molecule is CCCCn1cc(C=O)c(-c2cnn(CC)c2)n1. The molecular weight excluding hydrogens is 228 g/mol. The highest BCUT2D eigenvalue weighted by Crippen LogP contribution is 2.20. The van der Waals surface area contributed by atoms with Gasteiger partial charge >= 0.3 is 0 Å². The summed E-state index contributed by atoms with van der Waals surface area (Å²) in [5.74, 6) is 0. The maximum atomic E-state index is 11.1. The van der Waals surface area contributed by atoms with Gasteiger partial charge in [-0.3, -0.25) is 14.2 Å². The molecule has 0 saturated heterocycles. The molecule has 0 aromatic carbocycles. The van der Waals surface area contributed by atoms with Gasteiger partial charge < -0.3 is 0 Å². The van der Waals surface area contributed by atoms with Gasteiger partial charge in [0.2, 0.25) is 0 Å². The normalized spacial score (nSPS) is 10.8. The Bertz CT molecular complexity index is 527. The molecule has 0 fully saturated rings. The first-order chi connectivity index (χ1) is 8.78. The van der Waals surface area contributed by atoms with Crippen molar-refractivity contribution in [2.75, 3.05) is 0 Å². The summed E-state index contributed by atoms with van der Waals surface area (Å²) < 4.78 is 3.67. The molecule has 0 aliphatic carbocycles. The zero-order chi connectivity index (χ0) is 13.0. The van der Waals surface area contributed by atoms with E-state index in [1.807, 2.05) is 22.5 Å². The molecule has 18 heavy (non-hydrogen) atoms. The molecule has 0 atom stereocenters. The molecule has 5 heteroatoms. The van der Waals surface area contributed by atoms with Crippen LogP contribution in [0.3, 0.4) is 0 Å². The molecule has 0 aliphatic heterocycles. The van der Waals surface area contributed by atoms with Crippen LogP contribution in [0.5, 0.6) is 0 Å². The van der Waals surface area contributed by atoms with Crippen LogP contribution in [0.1, 0.15) is 37.0 Å². The van der Waals surface area contributed by atoms with Crippen molar-refractivity contribution in [3.63, 3.8) is 0 Å². The standard InChI is InChI=1S/C13H18N4O/c1-3-5-6-17-9-12(10-18)13(15-17)11-7-14-16(4-2)8-11/h7-10H,3-6H2,1-2H3. The number of aryl methyl sites for hydroxylation is 2. The van der Waals surface area contributed by atoms with Gasteiger partial charge in [0.05, 0.1) is 11.8 Å². The molecule has 0 aliphatic rings. The Morgan fingerprint density at radius 2 is 2.11 bits per heavy atom. The van der Waals surface area contributed by atoms with Gasteiger partial charge in [-0.1, -0.05) is 13.3 Å². The minimum absolute atomic E-state index is 0.627. The highest BCUT2D eigenvalue weighted by molar-refractivity contribution is 5.85. The monoisotopic (exact) mass is 246 g/mol. The molecule has 2 aromatic heterocycles. The lowest BCUT2D eigenvalue weighted by molar-refractivity contribution is 0.112. The molecule has 0 N–H and O–H groups in total. The van der Waals surface area contributed by atoms with E-state index in [1.165, 1.54) is 0 Å². The fourth-order valence-corrected chi connectivity index (χ4v) is 1.84. The van der Waals surface area contributed by atoms with Crippen LogP contribution in [-0.2, 0) is 13.1 Å². The lowest BCUT2D eigenvalue weighted by Crippen LogP contribution is -1.97. The predicted molar refractivity (Wildman–Crippen MR) is 69.4 cm³/mol. The Balaban J connectivity index is 2.30. The molecule has 2 aromatic rings. The average Bonchev–Trinajstić information content (AvgIpc) is 3.02. The van der Waals surface area contributed by atoms with Crippen molar-refractivity contribution >= 4 is 6.29 Å². The van der Waals surface area contributed by atoms with Crippen molar-refractivity contribution in [3.05, 3.63) is 24.2 Å². The minimum Gasteiger partial charge on any atom is -0.298 e. The van der Waals surface area contributed by atoms with Crippen molar-refractivity contribution in [2.24, 2.45) is 0 Å². The first-order valence-electron chi connectivity index (χ1n) is 6.34. The fourth-order valence-electron chi connectivity index (χ4n) is 1.84. The minimum atomic E-state index is 0.627. The number of carbonyl (C=O) groups excluding carboxylic acids is 1. The summed E-state index contributed by atoms with van der Waals surface area (Å²) in [6.07, 6.45) is 8.50. The third-order valence-corrected chi connectivity index (χ3v) is 2.89. The molecule has 0 amide bonds. The summed E-state index contributed by atoms with van der Waals surface area (Å²) in [5.41, 5.74) is 2.25. The number of aromatic nitrogens is 4. The molecule has 2 heterocycles. The van der Waals surface area contributed by atoms with Gasteiger partial charge in [-0.05, 0) is 13.3 Å². The van der Waals surface area contributed by atoms with Crippen LogP contribution < -0.4 is 0 Å². The first-order valence-corrected chi connectivity index (χ1v) is 6.34. The summed E-state index contributed by atoms with van der Waals surface area (Å²) in [5, 5.41) is 8.68. The number of hydrogen-bond acceptors (Lipinski definition) is 3. The number of carbonyl (C=O) groups is 1. The second-order valence-corrected chi connectivity index (χ2v) is 4.25. The van der Waals surface area contributed by atoms with Crippen molar-refractivity contribution in [2.45, 2.75) is 39.8 Å². The van der Waals surface area contributed by atoms with E-state index < -0.39 is 0 Å². The van der Waals surface area contributed by atoms with Crippen molar-refractivity contribution in [3.8, 4) is 11.3 Å². The zero-order valence-electron chi connectivity index (χ0n) is 10.8. The number of nitrogens with zero attached hydrogens (tertiary/aromatic N) is 4. The zero-order valence-corrected chi connectivity index (χ0v) is 10.8. The van der Waals surface area contributed by atoms with Gasteiger partial charge in [-0.2, -0.15) is 10.2 Å². The van der Waals surface area contributed by atoms with Crippen LogP contribution in [0.25, 0.3) is 11.3 Å². The molecule has 0 saturated carbocycles.